The number of pyridine rings is 1. The first-order valence-corrected chi connectivity index (χ1v) is 10.7. The summed E-state index contributed by atoms with van der Waals surface area (Å²) in [5.74, 6) is 0. The van der Waals surface area contributed by atoms with E-state index in [9.17, 15) is 4.79 Å². The van der Waals surface area contributed by atoms with E-state index in [2.05, 4.69) is 46.9 Å². The van der Waals surface area contributed by atoms with Crippen LogP contribution in [0.2, 0.25) is 0 Å². The van der Waals surface area contributed by atoms with Gasteiger partial charge in [-0.2, -0.15) is 4.57 Å². The maximum atomic E-state index is 13.1. The highest BCUT2D eigenvalue weighted by Crippen LogP contribution is 2.44. The number of hydrogen-bond acceptors (Lipinski definition) is 4. The van der Waals surface area contributed by atoms with E-state index in [1.165, 1.54) is 4.90 Å². The zero-order chi connectivity index (χ0) is 19.0. The molecule has 0 saturated carbocycles. The van der Waals surface area contributed by atoms with Crippen LogP contribution in [0.3, 0.4) is 0 Å². The first-order chi connectivity index (χ1) is 13.1. The van der Waals surface area contributed by atoms with Gasteiger partial charge in [-0.3, -0.25) is 9.36 Å². The highest BCUT2D eigenvalue weighted by atomic mass is 35.5. The number of nitrogens with zero attached hydrogens (tertiary/aromatic N) is 3. The van der Waals surface area contributed by atoms with E-state index in [0.717, 1.165) is 32.2 Å². The van der Waals surface area contributed by atoms with E-state index in [-0.39, 0.29) is 18.0 Å². The van der Waals surface area contributed by atoms with Gasteiger partial charge in [0, 0.05) is 36.7 Å². The summed E-state index contributed by atoms with van der Waals surface area (Å²) in [6, 6.07) is 14.4. The van der Waals surface area contributed by atoms with Gasteiger partial charge in [0.1, 0.15) is 20.8 Å². The smallest absolute Gasteiger partial charge is 0.271 e. The molecule has 3 heterocycles. The number of aromatic nitrogens is 2. The normalized spacial score (nSPS) is 15.5. The second kappa shape index (κ2) is 8.55. The van der Waals surface area contributed by atoms with Gasteiger partial charge in [-0.1, -0.05) is 23.9 Å². The van der Waals surface area contributed by atoms with Gasteiger partial charge < -0.3 is 17.3 Å². The van der Waals surface area contributed by atoms with Crippen LogP contribution in [0.5, 0.6) is 0 Å². The number of benzene rings is 1. The number of thioether (sulfide) groups is 1. The van der Waals surface area contributed by atoms with Crippen molar-refractivity contribution in [1.82, 2.24) is 4.57 Å². The lowest BCUT2D eigenvalue weighted by Crippen LogP contribution is -3.00. The van der Waals surface area contributed by atoms with Gasteiger partial charge in [0.2, 0.25) is 5.69 Å². The second-order valence-corrected chi connectivity index (χ2v) is 8.37. The molecule has 0 N–H and O–H groups in total. The fourth-order valence-corrected chi connectivity index (χ4v) is 5.77. The van der Waals surface area contributed by atoms with E-state index in [0.29, 0.717) is 6.54 Å². The number of para-hydroxylation sites is 1. The molecular weight excluding hydrogens is 410 g/mol. The minimum atomic E-state index is 0. The summed E-state index contributed by atoms with van der Waals surface area (Å²) in [4.78, 5) is 16.5. The molecule has 7 heteroatoms. The summed E-state index contributed by atoms with van der Waals surface area (Å²) in [6.07, 6.45) is 4.19. The average molecular weight is 432 g/mol. The summed E-state index contributed by atoms with van der Waals surface area (Å²) < 4.78 is 5.86. The Morgan fingerprint density at radius 2 is 1.86 bits per heavy atom. The number of fused-ring (bicyclic) bond motifs is 1. The van der Waals surface area contributed by atoms with Crippen LogP contribution in [-0.2, 0) is 13.1 Å². The monoisotopic (exact) mass is 431 g/mol. The molecule has 0 bridgehead atoms. The molecule has 0 saturated heterocycles. The van der Waals surface area contributed by atoms with Crippen molar-refractivity contribution in [1.29, 1.82) is 0 Å². The standard InChI is InChI=1S/C21H22N3OS2.ClH/c1-4-23-13-9-8-10-15(23)14-18-24(5-2)20(25)19(27-18)21-22(3)16-11-6-7-12-17(16)26-21;/h6-14H,4-5H2,1-3H3;1H/q+1;/p-1/b21-19-;. The molecular formula is C21H22ClN3OS2. The molecule has 0 spiro atoms. The van der Waals surface area contributed by atoms with Crippen LogP contribution in [0, 0.1) is 0 Å². The summed E-state index contributed by atoms with van der Waals surface area (Å²) in [5.41, 5.74) is 2.36. The van der Waals surface area contributed by atoms with E-state index < -0.39 is 0 Å². The Hall–Kier alpha value is -2.02. The Morgan fingerprint density at radius 1 is 1.11 bits per heavy atom. The number of rotatable bonds is 3. The van der Waals surface area contributed by atoms with Crippen molar-refractivity contribution in [2.45, 2.75) is 31.8 Å². The molecule has 0 aliphatic carbocycles. The molecule has 1 aromatic carbocycles. The summed E-state index contributed by atoms with van der Waals surface area (Å²) in [6.45, 7) is 5.71. The number of hydrogen-bond donors (Lipinski definition) is 0. The number of thiazole rings is 1. The maximum absolute atomic E-state index is 13.1. The highest BCUT2D eigenvalue weighted by molar-refractivity contribution is 8.08. The fraction of sp³-hybridized carbons (Fsp3) is 0.238. The van der Waals surface area contributed by atoms with Crippen molar-refractivity contribution in [2.24, 2.45) is 0 Å². The lowest BCUT2D eigenvalue weighted by atomic mass is 10.3. The zero-order valence-electron chi connectivity index (χ0n) is 16.1. The number of aryl methyl sites for hydroxylation is 1. The number of anilines is 1. The topological polar surface area (TPSA) is 29.1 Å². The van der Waals surface area contributed by atoms with Crippen LogP contribution in [-0.4, -0.2) is 11.6 Å². The van der Waals surface area contributed by atoms with Gasteiger partial charge in [0.05, 0.1) is 5.69 Å². The SMILES string of the molecule is CCn1c(=Cc2cccc[n+]2CC)s/c(=C2\Sc3ccccc3N2C)c1=O.[Cl-]. The first-order valence-electron chi connectivity index (χ1n) is 9.08. The molecule has 2 aromatic heterocycles. The van der Waals surface area contributed by atoms with Crippen molar-refractivity contribution in [3.8, 4) is 0 Å². The van der Waals surface area contributed by atoms with E-state index in [1.807, 2.05) is 42.8 Å². The van der Waals surface area contributed by atoms with Gasteiger partial charge in [-0.05, 0) is 32.0 Å². The van der Waals surface area contributed by atoms with Gasteiger partial charge in [-0.25, -0.2) is 0 Å². The predicted molar refractivity (Wildman–Crippen MR) is 113 cm³/mol. The van der Waals surface area contributed by atoms with Gasteiger partial charge in [-0.15, -0.1) is 11.3 Å². The lowest BCUT2D eigenvalue weighted by molar-refractivity contribution is -0.695. The molecule has 0 amide bonds. The third-order valence-electron chi connectivity index (χ3n) is 4.75. The summed E-state index contributed by atoms with van der Waals surface area (Å²) >= 11 is 3.26. The molecule has 4 nitrogen and oxygen atoms in total. The van der Waals surface area contributed by atoms with E-state index in [1.54, 1.807) is 23.1 Å². The van der Waals surface area contributed by atoms with Gasteiger partial charge >= 0.3 is 0 Å². The molecule has 1 aliphatic rings. The fourth-order valence-electron chi connectivity index (χ4n) is 3.30. The molecule has 0 fully saturated rings. The second-order valence-electron chi connectivity index (χ2n) is 6.31. The van der Waals surface area contributed by atoms with Crippen molar-refractivity contribution < 1.29 is 17.0 Å². The lowest BCUT2D eigenvalue weighted by Gasteiger charge is -2.11. The molecule has 0 unspecified atom stereocenters. The average Bonchev–Trinajstić information content (AvgIpc) is 3.19. The number of halogens is 1. The summed E-state index contributed by atoms with van der Waals surface area (Å²) in [7, 11) is 2.04. The zero-order valence-corrected chi connectivity index (χ0v) is 18.4. The molecule has 28 heavy (non-hydrogen) atoms. The quantitative estimate of drug-likeness (QED) is 0.517. The third kappa shape index (κ3) is 3.52. The van der Waals surface area contributed by atoms with Crippen LogP contribution in [0.1, 0.15) is 19.5 Å². The Balaban J connectivity index is 0.00000225. The van der Waals surface area contributed by atoms with Crippen LogP contribution in [0.4, 0.5) is 5.69 Å². The highest BCUT2D eigenvalue weighted by Gasteiger charge is 2.24. The minimum absolute atomic E-state index is 0. The molecule has 0 atom stereocenters. The van der Waals surface area contributed by atoms with Crippen molar-refractivity contribution in [3.05, 3.63) is 73.9 Å². The molecule has 146 valence electrons. The molecule has 1 aliphatic heterocycles. The Bertz CT molecular complexity index is 1180. The maximum Gasteiger partial charge on any atom is 0.271 e. The summed E-state index contributed by atoms with van der Waals surface area (Å²) in [5, 5.41) is 1.02. The van der Waals surface area contributed by atoms with Crippen molar-refractivity contribution >= 4 is 39.9 Å². The molecule has 0 radical (unpaired) electrons. The molecule has 4 rings (SSSR count). The van der Waals surface area contributed by atoms with Crippen LogP contribution in [0.25, 0.3) is 11.1 Å². The van der Waals surface area contributed by atoms with E-state index in [4.69, 9.17) is 0 Å². The third-order valence-corrected chi connectivity index (χ3v) is 7.23. The van der Waals surface area contributed by atoms with Crippen molar-refractivity contribution in [2.75, 3.05) is 11.9 Å². The largest absolute Gasteiger partial charge is 1.00 e. The Morgan fingerprint density at radius 3 is 2.57 bits per heavy atom. The van der Waals surface area contributed by atoms with Crippen LogP contribution in [0.15, 0.2) is 58.4 Å². The van der Waals surface area contributed by atoms with Gasteiger partial charge in [0.25, 0.3) is 5.56 Å². The van der Waals surface area contributed by atoms with Gasteiger partial charge in [0.15, 0.2) is 6.20 Å². The van der Waals surface area contributed by atoms with E-state index >= 15 is 0 Å². The first kappa shape index (κ1) is 20.7. The van der Waals surface area contributed by atoms with Crippen LogP contribution < -0.4 is 36.6 Å². The Labute approximate surface area is 178 Å². The molecule has 3 aromatic rings. The van der Waals surface area contributed by atoms with Crippen molar-refractivity contribution in [3.63, 3.8) is 0 Å². The van der Waals surface area contributed by atoms with Crippen LogP contribution >= 0.6 is 23.1 Å². The Kier molecular flexibility index (Phi) is 6.33. The predicted octanol–water partition coefficient (Wildman–Crippen LogP) is -0.622. The minimum Gasteiger partial charge on any atom is -1.00 e.